The topological polar surface area (TPSA) is 87.7 Å². The van der Waals surface area contributed by atoms with Crippen LogP contribution in [0, 0.1) is 0 Å². The monoisotopic (exact) mass is 197 g/mol. The number of aromatic nitrogens is 1. The van der Waals surface area contributed by atoms with Crippen LogP contribution in [0.15, 0.2) is 23.6 Å². The van der Waals surface area contributed by atoms with Gasteiger partial charge >= 0.3 is 0 Å². The molecule has 0 bridgehead atoms. The highest BCUT2D eigenvalue weighted by atomic mass is 35.5. The molecule has 0 spiro atoms. The average Bonchev–Trinajstić information content (AvgIpc) is 2.14. The van der Waals surface area contributed by atoms with Crippen LogP contribution in [0.25, 0.3) is 10.4 Å². The maximum Gasteiger partial charge on any atom is 0.0592 e. The predicted molar refractivity (Wildman–Crippen MR) is 50.2 cm³/mol. The van der Waals surface area contributed by atoms with Gasteiger partial charge in [0.1, 0.15) is 0 Å². The maximum atomic E-state index is 8.08. The Bertz CT molecular complexity index is 333. The van der Waals surface area contributed by atoms with Crippen LogP contribution < -0.4 is 5.73 Å². The van der Waals surface area contributed by atoms with Crippen LogP contribution in [0.1, 0.15) is 11.6 Å². The quantitative estimate of drug-likeness (QED) is 0.457. The summed E-state index contributed by atoms with van der Waals surface area (Å²) in [6.07, 6.45) is 3.12. The van der Waals surface area contributed by atoms with Crippen LogP contribution in [-0.2, 0) is 0 Å². The molecule has 1 atom stereocenters. The minimum Gasteiger partial charge on any atom is -0.324 e. The molecule has 0 aliphatic heterocycles. The van der Waals surface area contributed by atoms with Crippen molar-refractivity contribution in [3.8, 4) is 0 Å². The Morgan fingerprint density at radius 3 is 3.08 bits per heavy atom. The molecule has 1 aromatic heterocycles. The summed E-state index contributed by atoms with van der Waals surface area (Å²) in [4.78, 5) is 6.48. The van der Waals surface area contributed by atoms with Crippen LogP contribution in [0.4, 0.5) is 0 Å². The zero-order valence-electron chi connectivity index (χ0n) is 6.76. The van der Waals surface area contributed by atoms with Gasteiger partial charge in [-0.3, -0.25) is 4.98 Å². The van der Waals surface area contributed by atoms with Crippen LogP contribution >= 0.6 is 11.6 Å². The second kappa shape index (κ2) is 4.67. The molecule has 1 aromatic rings. The van der Waals surface area contributed by atoms with E-state index in [9.17, 15) is 0 Å². The summed E-state index contributed by atoms with van der Waals surface area (Å²) >= 11 is 5.70. The molecular weight excluding hydrogens is 190 g/mol. The standard InChI is InChI=1S/C7H8ClN5/c8-6-1-5(2-11-3-6)7(9)4-12-13-10/h1-3,7H,4,9H2. The van der Waals surface area contributed by atoms with Crippen molar-refractivity contribution in [2.24, 2.45) is 10.8 Å². The highest BCUT2D eigenvalue weighted by Crippen LogP contribution is 2.14. The molecule has 0 fully saturated rings. The number of hydrogen-bond acceptors (Lipinski definition) is 3. The lowest BCUT2D eigenvalue weighted by molar-refractivity contribution is 0.729. The lowest BCUT2D eigenvalue weighted by atomic mass is 10.1. The Hall–Kier alpha value is -1.29. The van der Waals surface area contributed by atoms with E-state index < -0.39 is 0 Å². The van der Waals surface area contributed by atoms with E-state index in [0.717, 1.165) is 5.56 Å². The summed E-state index contributed by atoms with van der Waals surface area (Å²) in [6.45, 7) is 0.207. The van der Waals surface area contributed by atoms with Crippen molar-refractivity contribution in [3.05, 3.63) is 39.5 Å². The van der Waals surface area contributed by atoms with E-state index in [1.54, 1.807) is 12.3 Å². The second-order valence-corrected chi connectivity index (χ2v) is 2.89. The van der Waals surface area contributed by atoms with Crippen LogP contribution in [0.2, 0.25) is 5.02 Å². The van der Waals surface area contributed by atoms with Crippen molar-refractivity contribution in [2.75, 3.05) is 6.54 Å². The van der Waals surface area contributed by atoms with E-state index in [-0.39, 0.29) is 12.6 Å². The molecule has 0 aliphatic rings. The van der Waals surface area contributed by atoms with E-state index in [1.807, 2.05) is 0 Å². The summed E-state index contributed by atoms with van der Waals surface area (Å²) in [5.74, 6) is 0. The van der Waals surface area contributed by atoms with Crippen molar-refractivity contribution >= 4 is 11.6 Å². The van der Waals surface area contributed by atoms with Gasteiger partial charge in [-0.1, -0.05) is 16.7 Å². The molecular formula is C7H8ClN5. The van der Waals surface area contributed by atoms with Gasteiger partial charge in [-0.2, -0.15) is 0 Å². The molecule has 2 N–H and O–H groups in total. The molecule has 1 heterocycles. The van der Waals surface area contributed by atoms with Crippen LogP contribution in [0.3, 0.4) is 0 Å². The molecule has 0 amide bonds. The molecule has 0 saturated heterocycles. The van der Waals surface area contributed by atoms with Crippen LogP contribution in [-0.4, -0.2) is 11.5 Å². The Balaban J connectivity index is 2.76. The normalized spacial score (nSPS) is 11.8. The minimum absolute atomic E-state index is 0.207. The summed E-state index contributed by atoms with van der Waals surface area (Å²) in [5, 5.41) is 3.88. The molecule has 0 saturated carbocycles. The zero-order valence-corrected chi connectivity index (χ0v) is 7.52. The lowest BCUT2D eigenvalue weighted by Crippen LogP contribution is -2.13. The van der Waals surface area contributed by atoms with Gasteiger partial charge in [0.25, 0.3) is 0 Å². The third-order valence-corrected chi connectivity index (χ3v) is 1.70. The number of nitrogens with zero attached hydrogens (tertiary/aromatic N) is 4. The third-order valence-electron chi connectivity index (χ3n) is 1.50. The van der Waals surface area contributed by atoms with Gasteiger partial charge in [-0.05, 0) is 17.2 Å². The Kier molecular flexibility index (Phi) is 3.52. The zero-order chi connectivity index (χ0) is 9.68. The Morgan fingerprint density at radius 2 is 2.46 bits per heavy atom. The summed E-state index contributed by atoms with van der Waals surface area (Å²) in [7, 11) is 0. The van der Waals surface area contributed by atoms with Gasteiger partial charge in [0, 0.05) is 29.9 Å². The van der Waals surface area contributed by atoms with E-state index >= 15 is 0 Å². The van der Waals surface area contributed by atoms with Crippen molar-refractivity contribution in [1.29, 1.82) is 0 Å². The summed E-state index contributed by atoms with van der Waals surface area (Å²) in [6, 6.07) is 1.36. The smallest absolute Gasteiger partial charge is 0.0592 e. The molecule has 1 rings (SSSR count). The first-order valence-electron chi connectivity index (χ1n) is 3.61. The van der Waals surface area contributed by atoms with E-state index in [0.29, 0.717) is 5.02 Å². The number of azide groups is 1. The van der Waals surface area contributed by atoms with Crippen molar-refractivity contribution in [1.82, 2.24) is 4.98 Å². The molecule has 6 heteroatoms. The summed E-state index contributed by atoms with van der Waals surface area (Å²) < 4.78 is 0. The fourth-order valence-electron chi connectivity index (χ4n) is 0.861. The third kappa shape index (κ3) is 2.91. The first-order valence-corrected chi connectivity index (χ1v) is 3.98. The number of hydrogen-bond donors (Lipinski definition) is 1. The van der Waals surface area contributed by atoms with Gasteiger partial charge in [0.05, 0.1) is 5.02 Å². The molecule has 0 radical (unpaired) electrons. The fraction of sp³-hybridized carbons (Fsp3) is 0.286. The van der Waals surface area contributed by atoms with E-state index in [2.05, 4.69) is 15.0 Å². The van der Waals surface area contributed by atoms with Gasteiger partial charge in [-0.15, -0.1) is 0 Å². The number of pyridine rings is 1. The van der Waals surface area contributed by atoms with Crippen molar-refractivity contribution in [2.45, 2.75) is 6.04 Å². The van der Waals surface area contributed by atoms with E-state index in [1.165, 1.54) is 6.20 Å². The Morgan fingerprint density at radius 1 is 1.69 bits per heavy atom. The number of nitrogens with two attached hydrogens (primary N) is 1. The number of halogens is 1. The van der Waals surface area contributed by atoms with Gasteiger partial charge in [0.2, 0.25) is 0 Å². The second-order valence-electron chi connectivity index (χ2n) is 2.46. The lowest BCUT2D eigenvalue weighted by Gasteiger charge is -2.07. The molecule has 1 unspecified atom stereocenters. The maximum absolute atomic E-state index is 8.08. The first kappa shape index (κ1) is 9.80. The minimum atomic E-state index is -0.345. The molecule has 0 aliphatic carbocycles. The molecule has 5 nitrogen and oxygen atoms in total. The van der Waals surface area contributed by atoms with Crippen LogP contribution in [0.5, 0.6) is 0 Å². The number of rotatable bonds is 3. The van der Waals surface area contributed by atoms with Crippen molar-refractivity contribution in [3.63, 3.8) is 0 Å². The highest BCUT2D eigenvalue weighted by Gasteiger charge is 2.04. The fourth-order valence-corrected chi connectivity index (χ4v) is 1.04. The van der Waals surface area contributed by atoms with Gasteiger partial charge < -0.3 is 5.73 Å². The largest absolute Gasteiger partial charge is 0.324 e. The van der Waals surface area contributed by atoms with Gasteiger partial charge in [-0.25, -0.2) is 0 Å². The molecule has 0 aromatic carbocycles. The van der Waals surface area contributed by atoms with Crippen molar-refractivity contribution < 1.29 is 0 Å². The SMILES string of the molecule is [N-]=[N+]=NCC(N)c1cncc(Cl)c1. The average molecular weight is 198 g/mol. The predicted octanol–water partition coefficient (Wildman–Crippen LogP) is 2.05. The summed E-state index contributed by atoms with van der Waals surface area (Å²) in [5.41, 5.74) is 14.5. The van der Waals surface area contributed by atoms with E-state index in [4.69, 9.17) is 22.9 Å². The molecule has 13 heavy (non-hydrogen) atoms. The first-order chi connectivity index (χ1) is 6.24. The van der Waals surface area contributed by atoms with Gasteiger partial charge in [0.15, 0.2) is 0 Å². The Labute approximate surface area is 80.2 Å². The highest BCUT2D eigenvalue weighted by molar-refractivity contribution is 6.30. The molecule has 68 valence electrons.